The number of carbonyl (C=O) groups excluding carboxylic acids is 1. The van der Waals surface area contributed by atoms with Crippen molar-refractivity contribution in [2.45, 2.75) is 13.8 Å². The first kappa shape index (κ1) is 16.4. The molecule has 0 aliphatic rings. The normalized spacial score (nSPS) is 10.2. The van der Waals surface area contributed by atoms with Crippen LogP contribution in [0.25, 0.3) is 0 Å². The highest BCUT2D eigenvalue weighted by Crippen LogP contribution is 2.25. The Balaban J connectivity index is 2.00. The topological polar surface area (TPSA) is 50.4 Å². The minimum atomic E-state index is -0.103. The largest absolute Gasteiger partial charge is 0.495 e. The van der Waals surface area contributed by atoms with Crippen molar-refractivity contribution in [3.8, 4) is 5.75 Å². The lowest BCUT2D eigenvalue weighted by atomic mass is 10.2. The molecule has 0 aromatic heterocycles. The van der Waals surface area contributed by atoms with Crippen LogP contribution in [0.2, 0.25) is 0 Å². The number of aryl methyl sites for hydroxylation is 2. The van der Waals surface area contributed by atoms with Gasteiger partial charge in [-0.2, -0.15) is 0 Å². The minimum Gasteiger partial charge on any atom is -0.495 e. The summed E-state index contributed by atoms with van der Waals surface area (Å²) in [5, 5.41) is 6.01. The van der Waals surface area contributed by atoms with Crippen molar-refractivity contribution in [3.05, 3.63) is 52.0 Å². The monoisotopic (exact) mass is 362 g/mol. The van der Waals surface area contributed by atoms with E-state index in [1.54, 1.807) is 7.11 Å². The van der Waals surface area contributed by atoms with Crippen LogP contribution in [0, 0.1) is 13.8 Å². The number of hydrogen-bond donors (Lipinski definition) is 2. The molecule has 0 saturated heterocycles. The molecule has 0 fully saturated rings. The van der Waals surface area contributed by atoms with Gasteiger partial charge in [-0.05, 0) is 55.3 Å². The van der Waals surface area contributed by atoms with Gasteiger partial charge in [0.2, 0.25) is 5.91 Å². The van der Waals surface area contributed by atoms with E-state index in [1.807, 2.05) is 50.2 Å². The molecule has 2 aromatic rings. The second-order valence-corrected chi connectivity index (χ2v) is 5.98. The molecule has 0 heterocycles. The number of nitrogens with one attached hydrogen (secondary N) is 2. The molecule has 0 spiro atoms. The number of amides is 1. The van der Waals surface area contributed by atoms with Gasteiger partial charge >= 0.3 is 0 Å². The zero-order chi connectivity index (χ0) is 16.1. The van der Waals surface area contributed by atoms with Crippen molar-refractivity contribution in [3.63, 3.8) is 0 Å². The Morgan fingerprint density at radius 1 is 1.14 bits per heavy atom. The summed E-state index contributed by atoms with van der Waals surface area (Å²) in [7, 11) is 1.61. The molecule has 2 rings (SSSR count). The fourth-order valence-corrected chi connectivity index (χ4v) is 2.57. The van der Waals surface area contributed by atoms with Crippen LogP contribution >= 0.6 is 15.9 Å². The van der Waals surface area contributed by atoms with Crippen LogP contribution in [0.5, 0.6) is 5.75 Å². The van der Waals surface area contributed by atoms with Gasteiger partial charge in [-0.25, -0.2) is 0 Å². The summed E-state index contributed by atoms with van der Waals surface area (Å²) in [6.45, 7) is 4.13. The van der Waals surface area contributed by atoms with E-state index in [2.05, 4.69) is 26.6 Å². The first-order chi connectivity index (χ1) is 10.5. The molecule has 0 atom stereocenters. The predicted octanol–water partition coefficient (Wildman–Crippen LogP) is 4.13. The van der Waals surface area contributed by atoms with Crippen LogP contribution in [-0.4, -0.2) is 19.6 Å². The maximum Gasteiger partial charge on any atom is 0.243 e. The molecule has 22 heavy (non-hydrogen) atoms. The fourth-order valence-electron chi connectivity index (χ4n) is 2.10. The van der Waals surface area contributed by atoms with Crippen molar-refractivity contribution < 1.29 is 9.53 Å². The van der Waals surface area contributed by atoms with Gasteiger partial charge in [0.15, 0.2) is 0 Å². The summed E-state index contributed by atoms with van der Waals surface area (Å²) in [4.78, 5) is 12.1. The van der Waals surface area contributed by atoms with E-state index < -0.39 is 0 Å². The van der Waals surface area contributed by atoms with Gasteiger partial charge in [-0.3, -0.25) is 4.79 Å². The summed E-state index contributed by atoms with van der Waals surface area (Å²) < 4.78 is 6.28. The molecule has 2 N–H and O–H groups in total. The number of methoxy groups -OCH3 is 1. The van der Waals surface area contributed by atoms with Gasteiger partial charge in [0.25, 0.3) is 0 Å². The molecule has 116 valence electrons. The van der Waals surface area contributed by atoms with E-state index in [4.69, 9.17) is 4.74 Å². The lowest BCUT2D eigenvalue weighted by Gasteiger charge is -2.13. The van der Waals surface area contributed by atoms with E-state index in [1.165, 1.54) is 0 Å². The van der Waals surface area contributed by atoms with Crippen molar-refractivity contribution in [1.82, 2.24) is 0 Å². The Kier molecular flexibility index (Phi) is 5.44. The zero-order valence-electron chi connectivity index (χ0n) is 12.9. The highest BCUT2D eigenvalue weighted by molar-refractivity contribution is 9.10. The third-order valence-corrected chi connectivity index (χ3v) is 3.75. The number of ether oxygens (including phenoxy) is 1. The quantitative estimate of drug-likeness (QED) is 0.840. The number of anilines is 2. The zero-order valence-corrected chi connectivity index (χ0v) is 14.5. The third kappa shape index (κ3) is 4.24. The van der Waals surface area contributed by atoms with E-state index in [0.717, 1.165) is 32.7 Å². The van der Waals surface area contributed by atoms with Crippen LogP contribution in [0.1, 0.15) is 11.1 Å². The molecule has 0 saturated carbocycles. The number of carbonyl (C=O) groups is 1. The van der Waals surface area contributed by atoms with Gasteiger partial charge < -0.3 is 15.4 Å². The van der Waals surface area contributed by atoms with Gasteiger partial charge in [-0.1, -0.05) is 22.0 Å². The molecule has 4 nitrogen and oxygen atoms in total. The number of rotatable bonds is 5. The van der Waals surface area contributed by atoms with Gasteiger partial charge in [0.05, 0.1) is 19.3 Å². The van der Waals surface area contributed by atoms with E-state index >= 15 is 0 Å². The average Bonchev–Trinajstić information content (AvgIpc) is 2.48. The molecule has 1 amide bonds. The van der Waals surface area contributed by atoms with Crippen LogP contribution < -0.4 is 15.4 Å². The van der Waals surface area contributed by atoms with Crippen LogP contribution in [0.4, 0.5) is 11.4 Å². The first-order valence-corrected chi connectivity index (χ1v) is 7.73. The Bertz CT molecular complexity index is 686. The molecule has 0 radical (unpaired) electrons. The minimum absolute atomic E-state index is 0.103. The molecule has 0 bridgehead atoms. The SMILES string of the molecule is COc1ccc(C)cc1NCC(=O)Nc1ccc(Br)cc1C. The maximum atomic E-state index is 12.1. The number of halogens is 1. The average molecular weight is 363 g/mol. The second-order valence-electron chi connectivity index (χ2n) is 5.06. The van der Waals surface area contributed by atoms with Crippen LogP contribution in [0.15, 0.2) is 40.9 Å². The Labute approximate surface area is 139 Å². The Morgan fingerprint density at radius 3 is 2.59 bits per heavy atom. The molecular formula is C17H19BrN2O2. The first-order valence-electron chi connectivity index (χ1n) is 6.94. The molecule has 0 aliphatic carbocycles. The van der Waals surface area contributed by atoms with Gasteiger partial charge in [-0.15, -0.1) is 0 Å². The van der Waals surface area contributed by atoms with E-state index in [9.17, 15) is 4.79 Å². The lowest BCUT2D eigenvalue weighted by molar-refractivity contribution is -0.114. The lowest BCUT2D eigenvalue weighted by Crippen LogP contribution is -2.22. The van der Waals surface area contributed by atoms with E-state index in [-0.39, 0.29) is 12.5 Å². The van der Waals surface area contributed by atoms with Crippen molar-refractivity contribution in [2.24, 2.45) is 0 Å². The number of hydrogen-bond acceptors (Lipinski definition) is 3. The molecule has 5 heteroatoms. The standard InChI is InChI=1S/C17H19BrN2O2/c1-11-4-7-16(22-3)15(8-11)19-10-17(21)20-14-6-5-13(18)9-12(14)2/h4-9,19H,10H2,1-3H3,(H,20,21). The van der Waals surface area contributed by atoms with Crippen molar-refractivity contribution >= 4 is 33.2 Å². The smallest absolute Gasteiger partial charge is 0.243 e. The summed E-state index contributed by atoms with van der Waals surface area (Å²) >= 11 is 3.41. The summed E-state index contributed by atoms with van der Waals surface area (Å²) in [6, 6.07) is 11.6. The molecule has 2 aromatic carbocycles. The maximum absolute atomic E-state index is 12.1. The predicted molar refractivity (Wildman–Crippen MR) is 93.7 cm³/mol. The Morgan fingerprint density at radius 2 is 1.91 bits per heavy atom. The molecule has 0 aliphatic heterocycles. The molecule has 0 unspecified atom stereocenters. The highest BCUT2D eigenvalue weighted by Gasteiger charge is 2.07. The highest BCUT2D eigenvalue weighted by atomic mass is 79.9. The summed E-state index contributed by atoms with van der Waals surface area (Å²) in [6.07, 6.45) is 0. The van der Waals surface area contributed by atoms with E-state index in [0.29, 0.717) is 0 Å². The summed E-state index contributed by atoms with van der Waals surface area (Å²) in [5.41, 5.74) is 3.74. The van der Waals surface area contributed by atoms with Crippen LogP contribution in [-0.2, 0) is 4.79 Å². The van der Waals surface area contributed by atoms with Crippen LogP contribution in [0.3, 0.4) is 0 Å². The summed E-state index contributed by atoms with van der Waals surface area (Å²) in [5.74, 6) is 0.618. The number of benzene rings is 2. The van der Waals surface area contributed by atoms with Crippen molar-refractivity contribution in [1.29, 1.82) is 0 Å². The Hall–Kier alpha value is -2.01. The third-order valence-electron chi connectivity index (χ3n) is 3.26. The van der Waals surface area contributed by atoms with Gasteiger partial charge in [0, 0.05) is 10.2 Å². The van der Waals surface area contributed by atoms with Crippen molar-refractivity contribution in [2.75, 3.05) is 24.3 Å². The van der Waals surface area contributed by atoms with Gasteiger partial charge in [0.1, 0.15) is 5.75 Å². The second kappa shape index (κ2) is 7.31. The fraction of sp³-hybridized carbons (Fsp3) is 0.235. The molecular weight excluding hydrogens is 344 g/mol.